The quantitative estimate of drug-likeness (QED) is 0.378. The van der Waals surface area contributed by atoms with Crippen LogP contribution in [-0.4, -0.2) is 25.0 Å². The Hall–Kier alpha value is -3.00. The lowest BCUT2D eigenvalue weighted by Gasteiger charge is -2.45. The second-order valence-corrected chi connectivity index (χ2v) is 14.1. The summed E-state index contributed by atoms with van der Waals surface area (Å²) < 4.78 is 50.2. The number of sulfonamides is 1. The number of hydrogen-bond acceptors (Lipinski definition) is 5. The van der Waals surface area contributed by atoms with Crippen molar-refractivity contribution in [3.8, 4) is 17.1 Å². The van der Waals surface area contributed by atoms with Crippen LogP contribution in [0.25, 0.3) is 11.3 Å². The van der Waals surface area contributed by atoms with Crippen molar-refractivity contribution < 1.29 is 17.5 Å². The van der Waals surface area contributed by atoms with Gasteiger partial charge in [0.15, 0.2) is 0 Å². The van der Waals surface area contributed by atoms with Crippen LogP contribution in [0.15, 0.2) is 47.4 Å². The zero-order valence-corrected chi connectivity index (χ0v) is 23.8. The Balaban J connectivity index is 1.47. The molecule has 1 N–H and O–H groups in total. The van der Waals surface area contributed by atoms with E-state index in [1.54, 1.807) is 12.1 Å². The van der Waals surface area contributed by atoms with Gasteiger partial charge < -0.3 is 4.74 Å². The lowest BCUT2D eigenvalue weighted by molar-refractivity contribution is 0.0809. The molecule has 2 atom stereocenters. The average Bonchev–Trinajstić information content (AvgIpc) is 3.62. The monoisotopic (exact) mass is 549 g/mol. The summed E-state index contributed by atoms with van der Waals surface area (Å²) in [5.41, 5.74) is 4.23. The third-order valence-electron chi connectivity index (χ3n) is 8.82. The smallest absolute Gasteiger partial charge is 0.264 e. The highest BCUT2D eigenvalue weighted by atomic mass is 32.2. The fraction of sp³-hybridized carbons (Fsp3) is 0.484. The minimum Gasteiger partial charge on any atom is -0.477 e. The van der Waals surface area contributed by atoms with Gasteiger partial charge in [-0.15, -0.1) is 0 Å². The van der Waals surface area contributed by atoms with E-state index in [-0.39, 0.29) is 28.5 Å². The van der Waals surface area contributed by atoms with Crippen LogP contribution >= 0.6 is 0 Å². The van der Waals surface area contributed by atoms with Crippen LogP contribution in [0.3, 0.4) is 0 Å². The first kappa shape index (κ1) is 26.2. The number of ether oxygens (including phenoxy) is 1. The molecular weight excluding hydrogens is 513 g/mol. The van der Waals surface area contributed by atoms with Crippen LogP contribution in [0, 0.1) is 42.8 Å². The van der Waals surface area contributed by atoms with Gasteiger partial charge in [0, 0.05) is 17.5 Å². The average molecular weight is 550 g/mol. The van der Waals surface area contributed by atoms with Crippen LogP contribution < -0.4 is 9.46 Å². The molecule has 8 heteroatoms. The van der Waals surface area contributed by atoms with Gasteiger partial charge in [-0.3, -0.25) is 0 Å². The summed E-state index contributed by atoms with van der Waals surface area (Å²) in [5, 5.41) is 0. The normalized spacial score (nSPS) is 23.2. The summed E-state index contributed by atoms with van der Waals surface area (Å²) in [6.07, 6.45) is 5.99. The zero-order valence-electron chi connectivity index (χ0n) is 23.0. The largest absolute Gasteiger partial charge is 0.477 e. The summed E-state index contributed by atoms with van der Waals surface area (Å²) in [7, 11) is -3.95. The number of aryl methyl sites for hydroxylation is 2. The number of anilines is 1. The van der Waals surface area contributed by atoms with Crippen molar-refractivity contribution in [1.29, 1.82) is 0 Å². The lowest BCUT2D eigenvalue weighted by atomic mass is 9.60. The topological polar surface area (TPSA) is 81.2 Å². The first-order valence-electron chi connectivity index (χ1n) is 13.9. The van der Waals surface area contributed by atoms with Crippen molar-refractivity contribution in [2.45, 2.75) is 70.6 Å². The predicted octanol–water partition coefficient (Wildman–Crippen LogP) is 7.03. The van der Waals surface area contributed by atoms with Crippen LogP contribution in [0.5, 0.6) is 5.88 Å². The molecule has 2 saturated carbocycles. The van der Waals surface area contributed by atoms with Gasteiger partial charge in [0.05, 0.1) is 17.2 Å². The minimum absolute atomic E-state index is 0.0665. The van der Waals surface area contributed by atoms with E-state index in [2.05, 4.69) is 34.6 Å². The molecule has 2 fully saturated rings. The SMILES string of the molecule is Cc1cc(F)cc(C)c1-c1cc2nc(n1)NS(=O)(=O)c1cccc(c1)C(C1CC3(CC3)C1)[C@H](CC(C)C)CO2. The van der Waals surface area contributed by atoms with Gasteiger partial charge in [0.2, 0.25) is 11.8 Å². The molecule has 3 aromatic rings. The highest BCUT2D eigenvalue weighted by Crippen LogP contribution is 2.67. The van der Waals surface area contributed by atoms with Crippen molar-refractivity contribution in [3.63, 3.8) is 0 Å². The number of nitrogens with one attached hydrogen (secondary N) is 1. The van der Waals surface area contributed by atoms with E-state index in [9.17, 15) is 12.8 Å². The Morgan fingerprint density at radius 1 is 1.08 bits per heavy atom. The van der Waals surface area contributed by atoms with Gasteiger partial charge in [-0.25, -0.2) is 22.5 Å². The Morgan fingerprint density at radius 3 is 2.46 bits per heavy atom. The maximum absolute atomic E-state index is 14.1. The third kappa shape index (κ3) is 5.15. The fourth-order valence-electron chi connectivity index (χ4n) is 6.99. The summed E-state index contributed by atoms with van der Waals surface area (Å²) in [4.78, 5) is 9.21. The Morgan fingerprint density at radius 2 is 1.79 bits per heavy atom. The molecule has 206 valence electrons. The lowest BCUT2D eigenvalue weighted by Crippen LogP contribution is -2.36. The van der Waals surface area contributed by atoms with E-state index < -0.39 is 10.0 Å². The van der Waals surface area contributed by atoms with Crippen molar-refractivity contribution in [1.82, 2.24) is 9.97 Å². The molecule has 2 aromatic carbocycles. The second kappa shape index (κ2) is 9.58. The first-order chi connectivity index (χ1) is 18.5. The molecule has 6 rings (SSSR count). The molecule has 2 heterocycles. The molecule has 0 saturated heterocycles. The molecule has 1 aromatic heterocycles. The summed E-state index contributed by atoms with van der Waals surface area (Å²) in [6.45, 7) is 8.55. The highest BCUT2D eigenvalue weighted by Gasteiger charge is 2.55. The number of halogens is 1. The summed E-state index contributed by atoms with van der Waals surface area (Å²) in [6, 6.07) is 12.0. The second-order valence-electron chi connectivity index (χ2n) is 12.4. The predicted molar refractivity (Wildman–Crippen MR) is 150 cm³/mol. The van der Waals surface area contributed by atoms with Crippen molar-refractivity contribution >= 4 is 16.0 Å². The summed E-state index contributed by atoms with van der Waals surface area (Å²) in [5.74, 6) is 1.29. The zero-order chi connectivity index (χ0) is 27.5. The van der Waals surface area contributed by atoms with Crippen molar-refractivity contribution in [2.24, 2.45) is 23.2 Å². The third-order valence-corrected chi connectivity index (χ3v) is 10.1. The number of hydrogen-bond donors (Lipinski definition) is 1. The van der Waals surface area contributed by atoms with E-state index in [0.717, 1.165) is 17.5 Å². The van der Waals surface area contributed by atoms with Gasteiger partial charge in [0.25, 0.3) is 10.0 Å². The Labute approximate surface area is 230 Å². The fourth-order valence-corrected chi connectivity index (χ4v) is 7.99. The van der Waals surface area contributed by atoms with Gasteiger partial charge >= 0.3 is 0 Å². The van der Waals surface area contributed by atoms with Gasteiger partial charge in [-0.1, -0.05) is 26.0 Å². The van der Waals surface area contributed by atoms with E-state index in [1.807, 2.05) is 26.0 Å². The molecule has 3 aliphatic rings. The number of fused-ring (bicyclic) bond motifs is 4. The van der Waals surface area contributed by atoms with E-state index in [4.69, 9.17) is 4.74 Å². The molecule has 1 aliphatic heterocycles. The van der Waals surface area contributed by atoms with Crippen LogP contribution in [0.2, 0.25) is 0 Å². The standard InChI is InChI=1S/C31H36FN3O3S/c1-18(2)10-22-17-38-27-14-26(28-19(3)11-24(32)12-20(28)4)33-30(34-27)35-39(36,37)25-7-5-6-21(13-25)29(22)23-15-31(16-23)8-9-31/h5-7,11-14,18,22-23,29H,8-10,15-17H2,1-4H3,(H,33,34,35)/t22-,29?/m1/s1. The molecular formula is C31H36FN3O3S. The van der Waals surface area contributed by atoms with Crippen molar-refractivity contribution in [2.75, 3.05) is 11.3 Å². The number of benzene rings is 2. The maximum atomic E-state index is 14.1. The van der Waals surface area contributed by atoms with Crippen LogP contribution in [0.1, 0.15) is 68.6 Å². The van der Waals surface area contributed by atoms with E-state index in [1.165, 1.54) is 37.8 Å². The highest BCUT2D eigenvalue weighted by molar-refractivity contribution is 7.92. The van der Waals surface area contributed by atoms with Gasteiger partial charge in [-0.05, 0) is 110 Å². The molecule has 1 spiro atoms. The number of nitrogens with zero attached hydrogens (tertiary/aromatic N) is 2. The van der Waals surface area contributed by atoms with Gasteiger partial charge in [-0.2, -0.15) is 4.98 Å². The first-order valence-corrected chi connectivity index (χ1v) is 15.4. The molecule has 0 amide bonds. The summed E-state index contributed by atoms with van der Waals surface area (Å²) >= 11 is 0. The molecule has 6 nitrogen and oxygen atoms in total. The minimum atomic E-state index is -3.95. The molecule has 39 heavy (non-hydrogen) atoms. The Kier molecular flexibility index (Phi) is 6.44. The maximum Gasteiger partial charge on any atom is 0.264 e. The molecule has 1 unspecified atom stereocenters. The van der Waals surface area contributed by atoms with E-state index in [0.29, 0.717) is 46.6 Å². The van der Waals surface area contributed by atoms with Crippen LogP contribution in [0.4, 0.5) is 10.3 Å². The van der Waals surface area contributed by atoms with Crippen molar-refractivity contribution in [3.05, 3.63) is 65.0 Å². The Bertz CT molecular complexity index is 1500. The molecule has 4 bridgehead atoms. The van der Waals surface area contributed by atoms with Crippen LogP contribution in [-0.2, 0) is 10.0 Å². The van der Waals surface area contributed by atoms with E-state index >= 15 is 0 Å². The number of rotatable bonds is 4. The number of aromatic nitrogens is 2. The molecule has 0 radical (unpaired) electrons. The molecule has 2 aliphatic carbocycles. The van der Waals surface area contributed by atoms with Gasteiger partial charge in [0.1, 0.15) is 5.82 Å².